The van der Waals surface area contributed by atoms with Gasteiger partial charge in [-0.15, -0.1) is 0 Å². The van der Waals surface area contributed by atoms with Crippen LogP contribution >= 0.6 is 0 Å². The maximum atomic E-state index is 13.0. The number of rotatable bonds is 6. The zero-order valence-electron chi connectivity index (χ0n) is 14.7. The van der Waals surface area contributed by atoms with Crippen LogP contribution in [0.5, 0.6) is 0 Å². The van der Waals surface area contributed by atoms with Gasteiger partial charge in [0.15, 0.2) is 0 Å². The quantitative estimate of drug-likeness (QED) is 0.873. The minimum atomic E-state index is -1.04. The molecule has 0 unspecified atom stereocenters. The zero-order chi connectivity index (χ0) is 18.0. The van der Waals surface area contributed by atoms with E-state index in [9.17, 15) is 9.59 Å². The molecule has 130 valence electrons. The van der Waals surface area contributed by atoms with E-state index in [1.165, 1.54) is 4.90 Å². The number of amides is 1. The average Bonchev–Trinajstić information content (AvgIpc) is 2.85. The highest BCUT2D eigenvalue weighted by Crippen LogP contribution is 2.26. The monoisotopic (exact) mass is 333 g/mol. The molecule has 2 aromatic rings. The van der Waals surface area contributed by atoms with Crippen molar-refractivity contribution in [3.63, 3.8) is 0 Å². The summed E-state index contributed by atoms with van der Waals surface area (Å²) in [6, 6.07) is 1.72. The molecule has 0 fully saturated rings. The fourth-order valence-electron chi connectivity index (χ4n) is 2.57. The first-order valence-electron chi connectivity index (χ1n) is 7.98. The van der Waals surface area contributed by atoms with Gasteiger partial charge >= 0.3 is 5.97 Å². The molecule has 0 saturated carbocycles. The van der Waals surface area contributed by atoms with Crippen molar-refractivity contribution >= 4 is 23.0 Å². The highest BCUT2D eigenvalue weighted by molar-refractivity contribution is 6.06. The number of carboxylic acid groups (broad SMARTS) is 1. The van der Waals surface area contributed by atoms with Crippen LogP contribution in [0, 0.1) is 12.8 Å². The average molecular weight is 333 g/mol. The van der Waals surface area contributed by atoms with Gasteiger partial charge in [-0.1, -0.05) is 32.9 Å². The minimum absolute atomic E-state index is 0.101. The fourth-order valence-corrected chi connectivity index (χ4v) is 2.57. The predicted octanol–water partition coefficient (Wildman–Crippen LogP) is 2.84. The summed E-state index contributed by atoms with van der Waals surface area (Å²) in [6.07, 6.45) is 0. The standard InChI is InChI=1S/C17H23N3O4/c1-9(2)7-20(8-14(21)22)17(23)12-6-13(10(3)4)18-16-15(12)11(5)19-24-16/h6,9-10H,7-8H2,1-5H3,(H,21,22). The van der Waals surface area contributed by atoms with Crippen LogP contribution in [0.3, 0.4) is 0 Å². The molecule has 0 bridgehead atoms. The molecule has 7 nitrogen and oxygen atoms in total. The molecule has 0 aromatic carbocycles. The van der Waals surface area contributed by atoms with E-state index in [-0.39, 0.29) is 24.3 Å². The first-order chi connectivity index (χ1) is 11.2. The van der Waals surface area contributed by atoms with E-state index in [1.807, 2.05) is 27.7 Å². The number of nitrogens with zero attached hydrogens (tertiary/aromatic N) is 3. The normalized spacial score (nSPS) is 11.5. The van der Waals surface area contributed by atoms with Crippen LogP contribution in [0.2, 0.25) is 0 Å². The van der Waals surface area contributed by atoms with Gasteiger partial charge in [0.1, 0.15) is 6.54 Å². The molecule has 0 saturated heterocycles. The van der Waals surface area contributed by atoms with Crippen LogP contribution in [-0.4, -0.2) is 45.1 Å². The van der Waals surface area contributed by atoms with Gasteiger partial charge in [0.25, 0.3) is 11.6 Å². The Morgan fingerprint density at radius 3 is 2.50 bits per heavy atom. The van der Waals surface area contributed by atoms with Crippen molar-refractivity contribution in [3.05, 3.63) is 23.0 Å². The molecule has 0 atom stereocenters. The molecule has 1 N–H and O–H groups in total. The van der Waals surface area contributed by atoms with Crippen LogP contribution in [0.4, 0.5) is 0 Å². The SMILES string of the molecule is Cc1noc2nc(C(C)C)cc(C(=O)N(CC(=O)O)CC(C)C)c12. The van der Waals surface area contributed by atoms with Gasteiger partial charge in [0.2, 0.25) is 0 Å². The molecule has 0 aliphatic carbocycles. The van der Waals surface area contributed by atoms with Crippen molar-refractivity contribution in [1.29, 1.82) is 0 Å². The third-order valence-electron chi connectivity index (χ3n) is 3.66. The molecule has 24 heavy (non-hydrogen) atoms. The number of pyridine rings is 1. The second-order valence-corrected chi connectivity index (χ2v) is 6.67. The third-order valence-corrected chi connectivity index (χ3v) is 3.66. The predicted molar refractivity (Wildman–Crippen MR) is 89.0 cm³/mol. The van der Waals surface area contributed by atoms with Gasteiger partial charge in [-0.2, -0.15) is 0 Å². The topological polar surface area (TPSA) is 96.5 Å². The number of aryl methyl sites for hydroxylation is 1. The third kappa shape index (κ3) is 3.72. The molecule has 0 spiro atoms. The number of carbonyl (C=O) groups excluding carboxylic acids is 1. The molecule has 7 heteroatoms. The largest absolute Gasteiger partial charge is 0.480 e. The van der Waals surface area contributed by atoms with Gasteiger partial charge < -0.3 is 14.5 Å². The summed E-state index contributed by atoms with van der Waals surface area (Å²) >= 11 is 0. The van der Waals surface area contributed by atoms with E-state index in [2.05, 4.69) is 10.1 Å². The van der Waals surface area contributed by atoms with Gasteiger partial charge in [-0.05, 0) is 24.8 Å². The van der Waals surface area contributed by atoms with Crippen molar-refractivity contribution in [2.75, 3.05) is 13.1 Å². The van der Waals surface area contributed by atoms with Crippen molar-refractivity contribution < 1.29 is 19.2 Å². The molecular formula is C17H23N3O4. The van der Waals surface area contributed by atoms with E-state index in [4.69, 9.17) is 9.63 Å². The van der Waals surface area contributed by atoms with Gasteiger partial charge in [-0.25, -0.2) is 4.98 Å². The molecule has 2 aromatic heterocycles. The summed E-state index contributed by atoms with van der Waals surface area (Å²) in [6.45, 7) is 9.56. The first-order valence-corrected chi connectivity index (χ1v) is 7.98. The Labute approximate surface area is 140 Å². The Bertz CT molecular complexity index is 765. The number of hydrogen-bond donors (Lipinski definition) is 1. The number of aliphatic carboxylic acids is 1. The zero-order valence-corrected chi connectivity index (χ0v) is 14.7. The molecule has 0 radical (unpaired) electrons. The lowest BCUT2D eigenvalue weighted by atomic mass is 10.0. The van der Waals surface area contributed by atoms with Crippen LogP contribution in [0.15, 0.2) is 10.6 Å². The highest BCUT2D eigenvalue weighted by Gasteiger charge is 2.25. The van der Waals surface area contributed by atoms with E-state index >= 15 is 0 Å². The van der Waals surface area contributed by atoms with E-state index in [1.54, 1.807) is 13.0 Å². The summed E-state index contributed by atoms with van der Waals surface area (Å²) < 4.78 is 5.22. The number of carbonyl (C=O) groups is 2. The molecular weight excluding hydrogens is 310 g/mol. The first kappa shape index (κ1) is 17.9. The molecule has 0 aliphatic heterocycles. The van der Waals surface area contributed by atoms with Crippen molar-refractivity contribution in [3.8, 4) is 0 Å². The molecule has 0 aliphatic rings. The number of hydrogen-bond acceptors (Lipinski definition) is 5. The van der Waals surface area contributed by atoms with E-state index < -0.39 is 5.97 Å². The molecule has 2 heterocycles. The second kappa shape index (κ2) is 6.98. The smallest absolute Gasteiger partial charge is 0.323 e. The summed E-state index contributed by atoms with van der Waals surface area (Å²) in [5, 5.41) is 13.6. The molecule has 1 amide bonds. The van der Waals surface area contributed by atoms with Gasteiger partial charge in [0, 0.05) is 12.2 Å². The van der Waals surface area contributed by atoms with Crippen LogP contribution in [-0.2, 0) is 4.79 Å². The van der Waals surface area contributed by atoms with Crippen LogP contribution < -0.4 is 0 Å². The van der Waals surface area contributed by atoms with Crippen LogP contribution in [0.1, 0.15) is 55.4 Å². The van der Waals surface area contributed by atoms with Crippen molar-refractivity contribution in [1.82, 2.24) is 15.0 Å². The van der Waals surface area contributed by atoms with Gasteiger partial charge in [0.05, 0.1) is 16.6 Å². The van der Waals surface area contributed by atoms with Crippen molar-refractivity contribution in [2.45, 2.75) is 40.5 Å². The summed E-state index contributed by atoms with van der Waals surface area (Å²) in [5.74, 6) is -1.13. The van der Waals surface area contributed by atoms with Crippen molar-refractivity contribution in [2.24, 2.45) is 5.92 Å². The lowest BCUT2D eigenvalue weighted by molar-refractivity contribution is -0.137. The summed E-state index contributed by atoms with van der Waals surface area (Å²) in [4.78, 5) is 29.9. The maximum absolute atomic E-state index is 13.0. The Kier molecular flexibility index (Phi) is 5.21. The lowest BCUT2D eigenvalue weighted by Gasteiger charge is -2.23. The summed E-state index contributed by atoms with van der Waals surface area (Å²) in [5.41, 5.74) is 1.98. The van der Waals surface area contributed by atoms with Crippen LogP contribution in [0.25, 0.3) is 11.1 Å². The van der Waals surface area contributed by atoms with E-state index in [0.717, 1.165) is 0 Å². The lowest BCUT2D eigenvalue weighted by Crippen LogP contribution is -2.38. The Hall–Kier alpha value is -2.44. The fraction of sp³-hybridized carbons (Fsp3) is 0.529. The Morgan fingerprint density at radius 1 is 1.29 bits per heavy atom. The summed E-state index contributed by atoms with van der Waals surface area (Å²) in [7, 11) is 0. The van der Waals surface area contributed by atoms with Gasteiger partial charge in [-0.3, -0.25) is 9.59 Å². The second-order valence-electron chi connectivity index (χ2n) is 6.67. The minimum Gasteiger partial charge on any atom is -0.480 e. The Balaban J connectivity index is 2.56. The highest BCUT2D eigenvalue weighted by atomic mass is 16.5. The maximum Gasteiger partial charge on any atom is 0.323 e. The number of aromatic nitrogens is 2. The van der Waals surface area contributed by atoms with E-state index in [0.29, 0.717) is 34.6 Å². The molecule has 2 rings (SSSR count). The number of carboxylic acids is 1. The number of fused-ring (bicyclic) bond motifs is 1. The Morgan fingerprint density at radius 2 is 1.96 bits per heavy atom.